The molecule has 0 spiro atoms. The van der Waals surface area contributed by atoms with Gasteiger partial charge in [0.1, 0.15) is 5.78 Å². The van der Waals surface area contributed by atoms with E-state index in [0.29, 0.717) is 40.7 Å². The van der Waals surface area contributed by atoms with Crippen LogP contribution in [0, 0.1) is 50.2 Å². The average Bonchev–Trinajstić information content (AvgIpc) is 2.68. The Morgan fingerprint density at radius 2 is 1.47 bits per heavy atom. The molecule has 2 heteroatoms. The lowest BCUT2D eigenvalue weighted by Crippen LogP contribution is -2.66. The highest BCUT2D eigenvalue weighted by Crippen LogP contribution is 2.74. The first kappa shape index (κ1) is 22.9. The van der Waals surface area contributed by atoms with Gasteiger partial charge in [0.25, 0.3) is 0 Å². The Bertz CT molecular complexity index is 908. The predicted molar refractivity (Wildman–Crippen MR) is 130 cm³/mol. The third kappa shape index (κ3) is 2.65. The van der Waals surface area contributed by atoms with Crippen LogP contribution in [0.2, 0.25) is 0 Å². The van der Waals surface area contributed by atoms with E-state index in [-0.39, 0.29) is 27.6 Å². The molecule has 0 bridgehead atoms. The molecule has 4 saturated carbocycles. The van der Waals surface area contributed by atoms with E-state index in [4.69, 9.17) is 0 Å². The van der Waals surface area contributed by atoms with Crippen molar-refractivity contribution in [2.75, 3.05) is 0 Å². The lowest BCUT2D eigenvalue weighted by Gasteiger charge is -2.70. The summed E-state index contributed by atoms with van der Waals surface area (Å²) in [5.74, 6) is 1.72. The van der Waals surface area contributed by atoms with E-state index in [1.165, 1.54) is 37.7 Å². The summed E-state index contributed by atoms with van der Waals surface area (Å²) < 4.78 is 0. The molecule has 0 amide bonds. The van der Waals surface area contributed by atoms with Gasteiger partial charge in [-0.1, -0.05) is 61.0 Å². The predicted octanol–water partition coefficient (Wildman–Crippen LogP) is 7.56. The SMILES string of the molecule is CC1(C)CC[C@]2(C)CC[C@]3(C)C(=CC(=O)[C@@H]4[C@@]5(C)CCC(=O)C(C)(C)[C@H]5CC[C@]43C)[C@H]2C1. The largest absolute Gasteiger partial charge is 0.299 e. The molecule has 0 aliphatic heterocycles. The summed E-state index contributed by atoms with van der Waals surface area (Å²) >= 11 is 0. The molecule has 178 valence electrons. The van der Waals surface area contributed by atoms with Crippen LogP contribution in [-0.4, -0.2) is 11.6 Å². The smallest absolute Gasteiger partial charge is 0.159 e. The second-order valence-electron chi connectivity index (χ2n) is 15.0. The van der Waals surface area contributed by atoms with Gasteiger partial charge in [-0.2, -0.15) is 0 Å². The summed E-state index contributed by atoms with van der Waals surface area (Å²) in [4.78, 5) is 27.0. The lowest BCUT2D eigenvalue weighted by molar-refractivity contribution is -0.187. The van der Waals surface area contributed by atoms with Gasteiger partial charge in [-0.15, -0.1) is 0 Å². The van der Waals surface area contributed by atoms with E-state index in [1.807, 2.05) is 0 Å². The molecule has 0 aromatic carbocycles. The van der Waals surface area contributed by atoms with Crippen LogP contribution in [0.3, 0.4) is 0 Å². The normalized spacial score (nSPS) is 51.6. The van der Waals surface area contributed by atoms with Gasteiger partial charge in [0.15, 0.2) is 5.78 Å². The number of allylic oxidation sites excluding steroid dienone is 2. The topological polar surface area (TPSA) is 34.1 Å². The molecule has 7 atom stereocenters. The van der Waals surface area contributed by atoms with Crippen LogP contribution >= 0.6 is 0 Å². The van der Waals surface area contributed by atoms with E-state index in [1.54, 1.807) is 0 Å². The van der Waals surface area contributed by atoms with Crippen molar-refractivity contribution < 1.29 is 9.59 Å². The van der Waals surface area contributed by atoms with Crippen LogP contribution < -0.4 is 0 Å². The van der Waals surface area contributed by atoms with Gasteiger partial charge in [-0.05, 0) is 96.4 Å². The van der Waals surface area contributed by atoms with Crippen molar-refractivity contribution in [1.82, 2.24) is 0 Å². The fourth-order valence-corrected chi connectivity index (χ4v) is 10.1. The highest BCUT2D eigenvalue weighted by molar-refractivity contribution is 5.96. The summed E-state index contributed by atoms with van der Waals surface area (Å²) in [6.45, 7) is 19.1. The molecular formula is C30H46O2. The quantitative estimate of drug-likeness (QED) is 0.391. The zero-order chi connectivity index (χ0) is 23.5. The maximum Gasteiger partial charge on any atom is 0.159 e. The number of carbonyl (C=O) groups excluding carboxylic acids is 2. The Morgan fingerprint density at radius 3 is 2.16 bits per heavy atom. The van der Waals surface area contributed by atoms with Crippen LogP contribution in [0.15, 0.2) is 11.6 Å². The maximum atomic E-state index is 14.2. The molecule has 0 saturated heterocycles. The third-order valence-electron chi connectivity index (χ3n) is 12.5. The first-order valence-corrected chi connectivity index (χ1v) is 13.4. The molecule has 0 unspecified atom stereocenters. The van der Waals surface area contributed by atoms with E-state index in [0.717, 1.165) is 19.3 Å². The van der Waals surface area contributed by atoms with Crippen molar-refractivity contribution >= 4 is 11.6 Å². The van der Waals surface area contributed by atoms with Gasteiger partial charge in [0.05, 0.1) is 0 Å². The maximum absolute atomic E-state index is 14.2. The Balaban J connectivity index is 1.64. The minimum absolute atomic E-state index is 0.00119. The second kappa shape index (κ2) is 6.39. The molecule has 32 heavy (non-hydrogen) atoms. The van der Waals surface area contributed by atoms with Crippen molar-refractivity contribution in [2.24, 2.45) is 50.2 Å². The molecule has 0 radical (unpaired) electrons. The van der Waals surface area contributed by atoms with Gasteiger partial charge < -0.3 is 0 Å². The number of fused-ring (bicyclic) bond motifs is 7. The van der Waals surface area contributed by atoms with Crippen LogP contribution in [0.5, 0.6) is 0 Å². The molecule has 5 aliphatic carbocycles. The van der Waals surface area contributed by atoms with Gasteiger partial charge in [0, 0.05) is 17.8 Å². The minimum atomic E-state index is -0.308. The monoisotopic (exact) mass is 438 g/mol. The Labute approximate surface area is 196 Å². The van der Waals surface area contributed by atoms with E-state index in [9.17, 15) is 9.59 Å². The second-order valence-corrected chi connectivity index (χ2v) is 15.0. The Morgan fingerprint density at radius 1 is 0.812 bits per heavy atom. The zero-order valence-electron chi connectivity index (χ0n) is 22.0. The number of hydrogen-bond donors (Lipinski definition) is 0. The summed E-state index contributed by atoms with van der Waals surface area (Å²) in [5.41, 5.74) is 1.95. The van der Waals surface area contributed by atoms with Crippen molar-refractivity contribution in [3.8, 4) is 0 Å². The van der Waals surface area contributed by atoms with Crippen molar-refractivity contribution in [3.63, 3.8) is 0 Å². The van der Waals surface area contributed by atoms with Crippen molar-refractivity contribution in [2.45, 2.75) is 113 Å². The number of rotatable bonds is 0. The fraction of sp³-hybridized carbons (Fsp3) is 0.867. The van der Waals surface area contributed by atoms with Gasteiger partial charge in [0.2, 0.25) is 0 Å². The highest BCUT2D eigenvalue weighted by atomic mass is 16.1. The van der Waals surface area contributed by atoms with Crippen LogP contribution in [-0.2, 0) is 9.59 Å². The summed E-state index contributed by atoms with van der Waals surface area (Å²) in [6, 6.07) is 0. The molecule has 4 fully saturated rings. The molecule has 0 heterocycles. The zero-order valence-corrected chi connectivity index (χ0v) is 22.0. The third-order valence-corrected chi connectivity index (χ3v) is 12.5. The summed E-state index contributed by atoms with van der Waals surface area (Å²) in [7, 11) is 0. The molecule has 0 aromatic heterocycles. The minimum Gasteiger partial charge on any atom is -0.299 e. The van der Waals surface area contributed by atoms with Gasteiger partial charge in [-0.3, -0.25) is 9.59 Å². The highest BCUT2D eigenvalue weighted by Gasteiger charge is 2.70. The van der Waals surface area contributed by atoms with Crippen molar-refractivity contribution in [1.29, 1.82) is 0 Å². The summed E-state index contributed by atoms with van der Waals surface area (Å²) in [6.07, 6.45) is 12.2. The first-order chi connectivity index (χ1) is 14.6. The Hall–Kier alpha value is -0.920. The molecule has 2 nitrogen and oxygen atoms in total. The van der Waals surface area contributed by atoms with Crippen molar-refractivity contribution in [3.05, 3.63) is 11.6 Å². The van der Waals surface area contributed by atoms with E-state index < -0.39 is 0 Å². The molecule has 0 aromatic rings. The molecule has 5 aliphatic rings. The molecular weight excluding hydrogens is 392 g/mol. The number of ketones is 2. The first-order valence-electron chi connectivity index (χ1n) is 13.4. The molecule has 0 N–H and O–H groups in total. The molecule has 5 rings (SSSR count). The van der Waals surface area contributed by atoms with E-state index >= 15 is 0 Å². The van der Waals surface area contributed by atoms with Crippen LogP contribution in [0.1, 0.15) is 113 Å². The van der Waals surface area contributed by atoms with Crippen LogP contribution in [0.25, 0.3) is 0 Å². The van der Waals surface area contributed by atoms with E-state index in [2.05, 4.69) is 61.5 Å². The fourth-order valence-electron chi connectivity index (χ4n) is 10.1. The number of Topliss-reactive ketones (excluding diaryl/α,β-unsaturated/α-hetero) is 1. The Kier molecular flexibility index (Phi) is 4.57. The van der Waals surface area contributed by atoms with Gasteiger partial charge >= 0.3 is 0 Å². The number of carbonyl (C=O) groups is 2. The van der Waals surface area contributed by atoms with Gasteiger partial charge in [-0.25, -0.2) is 0 Å². The lowest BCUT2D eigenvalue weighted by atomic mass is 9.33. The standard InChI is InChI=1S/C30H46O2/c1-25(2)13-14-27(5)15-16-29(7)19(20(27)18-25)17-21(31)24-28(6)11-10-23(32)26(3,4)22(28)9-12-30(24,29)8/h17,20,22,24H,9-16,18H2,1-8H3/t20-,22-,24-,27-,28+,29-,30-/m1/s1. The van der Waals surface area contributed by atoms with Crippen LogP contribution in [0.4, 0.5) is 0 Å². The number of hydrogen-bond acceptors (Lipinski definition) is 2. The summed E-state index contributed by atoms with van der Waals surface area (Å²) in [5, 5.41) is 0. The average molecular weight is 439 g/mol.